The van der Waals surface area contributed by atoms with Crippen molar-refractivity contribution in [3.8, 4) is 6.07 Å². The number of anilines is 2. The van der Waals surface area contributed by atoms with Crippen LogP contribution in [0.25, 0.3) is 4.85 Å². The summed E-state index contributed by atoms with van der Waals surface area (Å²) >= 11 is 1.56. The van der Waals surface area contributed by atoms with Gasteiger partial charge in [0.25, 0.3) is 5.82 Å². The number of rotatable bonds is 4. The van der Waals surface area contributed by atoms with Crippen LogP contribution in [0.5, 0.6) is 0 Å². The molecule has 0 atom stereocenters. The minimum absolute atomic E-state index is 0.142. The van der Waals surface area contributed by atoms with E-state index in [9.17, 15) is 0 Å². The van der Waals surface area contributed by atoms with Gasteiger partial charge in [0.2, 0.25) is 0 Å². The van der Waals surface area contributed by atoms with Gasteiger partial charge in [0.15, 0.2) is 17.8 Å². The monoisotopic (exact) mass is 375 g/mol. The number of hydrogen-bond donors (Lipinski definition) is 0. The van der Waals surface area contributed by atoms with Crippen LogP contribution in [-0.2, 0) is 11.3 Å². The fourth-order valence-electron chi connectivity index (χ4n) is 2.90. The summed E-state index contributed by atoms with van der Waals surface area (Å²) in [6.45, 7) is 8.09. The Hall–Kier alpha value is -3.40. The minimum Gasteiger partial charge on any atom is -0.364 e. The molecule has 0 saturated heterocycles. The van der Waals surface area contributed by atoms with Crippen LogP contribution in [0.2, 0.25) is 0 Å². The van der Waals surface area contributed by atoms with Gasteiger partial charge in [0.05, 0.1) is 5.69 Å². The van der Waals surface area contributed by atoms with Gasteiger partial charge < -0.3 is 9.58 Å². The van der Waals surface area contributed by atoms with Crippen LogP contribution < -0.4 is 4.90 Å². The molecular weight excluding hydrogens is 362 g/mol. The van der Waals surface area contributed by atoms with E-state index in [1.165, 1.54) is 6.33 Å². The van der Waals surface area contributed by atoms with Gasteiger partial charge in [-0.1, -0.05) is 24.4 Å². The molecule has 8 nitrogen and oxygen atoms in total. The number of aromatic nitrogens is 4. The fourth-order valence-corrected chi connectivity index (χ4v) is 3.88. The Kier molecular flexibility index (Phi) is 4.47. The lowest BCUT2D eigenvalue weighted by molar-refractivity contribution is 0.204. The molecule has 1 aliphatic heterocycles. The Morgan fingerprint density at radius 1 is 1.30 bits per heavy atom. The maximum absolute atomic E-state index is 9.07. The molecule has 2 aromatic heterocycles. The Morgan fingerprint density at radius 2 is 2.15 bits per heavy atom. The number of methoxy groups -OCH3 is 1. The first-order valence-corrected chi connectivity index (χ1v) is 8.77. The SMILES string of the molecule is [C-]#[N+]c1c(C#N)ncn1Cc1ccc2c(c1)N(COC)c1nccnc1S2. The Bertz CT molecular complexity index is 1100. The molecule has 0 amide bonds. The average molecular weight is 375 g/mol. The molecule has 0 fully saturated rings. The van der Waals surface area contributed by atoms with E-state index in [1.54, 1.807) is 35.8 Å². The molecule has 0 aliphatic carbocycles. The highest BCUT2D eigenvalue weighted by Crippen LogP contribution is 2.46. The maximum Gasteiger partial charge on any atom is 0.267 e. The number of ether oxygens (including phenoxy) is 1. The van der Waals surface area contributed by atoms with Crippen LogP contribution in [-0.4, -0.2) is 33.4 Å². The number of hydrogen-bond acceptors (Lipinski definition) is 7. The van der Waals surface area contributed by atoms with Gasteiger partial charge in [0, 0.05) is 24.4 Å². The molecule has 1 aromatic carbocycles. The summed E-state index contributed by atoms with van der Waals surface area (Å²) in [6.07, 6.45) is 4.86. The predicted octanol–water partition coefficient (Wildman–Crippen LogP) is 3.35. The van der Waals surface area contributed by atoms with Gasteiger partial charge in [-0.3, -0.25) is 9.47 Å². The normalized spacial score (nSPS) is 12.0. The molecule has 4 rings (SSSR count). The smallest absolute Gasteiger partial charge is 0.267 e. The van der Waals surface area contributed by atoms with Crippen molar-refractivity contribution in [1.29, 1.82) is 5.26 Å². The largest absolute Gasteiger partial charge is 0.364 e. The average Bonchev–Trinajstić information content (AvgIpc) is 3.09. The highest BCUT2D eigenvalue weighted by Gasteiger charge is 2.26. The lowest BCUT2D eigenvalue weighted by Gasteiger charge is -2.30. The van der Waals surface area contributed by atoms with Crippen molar-refractivity contribution in [1.82, 2.24) is 19.5 Å². The lowest BCUT2D eigenvalue weighted by atomic mass is 10.1. The molecule has 0 bridgehead atoms. The molecule has 0 saturated carbocycles. The van der Waals surface area contributed by atoms with Crippen LogP contribution in [0.15, 0.2) is 46.8 Å². The van der Waals surface area contributed by atoms with Gasteiger partial charge in [-0.25, -0.2) is 15.0 Å². The number of imidazole rings is 1. The molecule has 3 heterocycles. The Labute approximate surface area is 159 Å². The van der Waals surface area contributed by atoms with Gasteiger partial charge >= 0.3 is 0 Å². The van der Waals surface area contributed by atoms with Gasteiger partial charge in [-0.2, -0.15) is 5.26 Å². The quantitative estimate of drug-likeness (QED) is 0.647. The van der Waals surface area contributed by atoms with Crippen LogP contribution in [0.3, 0.4) is 0 Å². The van der Waals surface area contributed by atoms with Crippen molar-refractivity contribution in [2.45, 2.75) is 16.5 Å². The van der Waals surface area contributed by atoms with Crippen molar-refractivity contribution in [3.05, 3.63) is 59.6 Å². The molecule has 27 heavy (non-hydrogen) atoms. The summed E-state index contributed by atoms with van der Waals surface area (Å²) in [5.41, 5.74) is 2.09. The second-order valence-electron chi connectivity index (χ2n) is 5.70. The van der Waals surface area contributed by atoms with E-state index in [0.29, 0.717) is 13.3 Å². The number of nitrogens with zero attached hydrogens (tertiary/aromatic N) is 7. The second kappa shape index (κ2) is 7.08. The molecule has 3 aromatic rings. The predicted molar refractivity (Wildman–Crippen MR) is 98.9 cm³/mol. The zero-order chi connectivity index (χ0) is 18.8. The van der Waals surface area contributed by atoms with Crippen LogP contribution in [0, 0.1) is 17.9 Å². The standard InChI is InChI=1S/C18H13N7OS/c1-20-16-13(8-19)23-10-24(16)9-12-3-4-15-14(7-12)25(11-26-2)17-18(27-15)22-6-5-21-17/h3-7,10H,9,11H2,2H3. The molecule has 0 spiro atoms. The van der Waals surface area contributed by atoms with E-state index in [4.69, 9.17) is 16.6 Å². The van der Waals surface area contributed by atoms with Crippen molar-refractivity contribution < 1.29 is 4.74 Å². The zero-order valence-corrected chi connectivity index (χ0v) is 15.1. The topological polar surface area (TPSA) is 84.2 Å². The summed E-state index contributed by atoms with van der Waals surface area (Å²) in [5.74, 6) is 1.000. The van der Waals surface area contributed by atoms with Crippen molar-refractivity contribution in [2.24, 2.45) is 0 Å². The van der Waals surface area contributed by atoms with Gasteiger partial charge in [-0.15, -0.1) is 0 Å². The highest BCUT2D eigenvalue weighted by atomic mass is 32.2. The first kappa shape index (κ1) is 17.0. The summed E-state index contributed by atoms with van der Waals surface area (Å²) in [5, 5.41) is 9.90. The Balaban J connectivity index is 1.72. The zero-order valence-electron chi connectivity index (χ0n) is 14.3. The van der Waals surface area contributed by atoms with E-state index < -0.39 is 0 Å². The van der Waals surface area contributed by atoms with Crippen LogP contribution in [0.4, 0.5) is 17.3 Å². The fraction of sp³-hybridized carbons (Fsp3) is 0.167. The minimum atomic E-state index is 0.142. The second-order valence-corrected chi connectivity index (χ2v) is 6.73. The summed E-state index contributed by atoms with van der Waals surface area (Å²) in [4.78, 5) is 19.3. The Morgan fingerprint density at radius 3 is 2.93 bits per heavy atom. The molecule has 0 radical (unpaired) electrons. The third-order valence-electron chi connectivity index (χ3n) is 4.06. The van der Waals surface area contributed by atoms with Gasteiger partial charge in [0.1, 0.15) is 24.4 Å². The lowest BCUT2D eigenvalue weighted by Crippen LogP contribution is -2.24. The van der Waals surface area contributed by atoms with Crippen LogP contribution >= 0.6 is 11.8 Å². The summed E-state index contributed by atoms with van der Waals surface area (Å²) < 4.78 is 7.04. The molecule has 0 N–H and O–H groups in total. The molecule has 0 unspecified atom stereocenters. The molecule has 9 heteroatoms. The first-order chi connectivity index (χ1) is 13.2. The highest BCUT2D eigenvalue weighted by molar-refractivity contribution is 7.99. The van der Waals surface area contributed by atoms with Crippen molar-refractivity contribution >= 4 is 29.1 Å². The molecule has 1 aliphatic rings. The maximum atomic E-state index is 9.07. The molecular formula is C18H13N7OS. The van der Waals surface area contributed by atoms with Crippen molar-refractivity contribution in [3.63, 3.8) is 0 Å². The third kappa shape index (κ3) is 2.99. The van der Waals surface area contributed by atoms with E-state index in [2.05, 4.69) is 19.8 Å². The number of nitriles is 1. The van der Waals surface area contributed by atoms with Gasteiger partial charge in [-0.05, 0) is 17.7 Å². The van der Waals surface area contributed by atoms with E-state index >= 15 is 0 Å². The van der Waals surface area contributed by atoms with Crippen molar-refractivity contribution in [2.75, 3.05) is 18.7 Å². The summed E-state index contributed by atoms with van der Waals surface area (Å²) in [7, 11) is 1.64. The number of fused-ring (bicyclic) bond motifs is 2. The molecule has 132 valence electrons. The van der Waals surface area contributed by atoms with E-state index in [0.717, 1.165) is 27.0 Å². The van der Waals surface area contributed by atoms with Crippen LogP contribution in [0.1, 0.15) is 11.3 Å². The third-order valence-corrected chi connectivity index (χ3v) is 5.10. The van der Waals surface area contributed by atoms with E-state index in [1.807, 2.05) is 29.2 Å². The number of benzene rings is 1. The van der Waals surface area contributed by atoms with E-state index in [-0.39, 0.29) is 11.5 Å². The summed E-state index contributed by atoms with van der Waals surface area (Å²) in [6, 6.07) is 8.01. The first-order valence-electron chi connectivity index (χ1n) is 7.96.